The summed E-state index contributed by atoms with van der Waals surface area (Å²) in [5.41, 5.74) is 7.19. The fourth-order valence-corrected chi connectivity index (χ4v) is 7.43. The van der Waals surface area contributed by atoms with Gasteiger partial charge >= 0.3 is 5.97 Å². The molecule has 2 aliphatic heterocycles. The van der Waals surface area contributed by atoms with Crippen molar-refractivity contribution in [1.29, 1.82) is 0 Å². The summed E-state index contributed by atoms with van der Waals surface area (Å²) >= 11 is 0. The average Bonchev–Trinajstić information content (AvgIpc) is 3.54. The lowest BCUT2D eigenvalue weighted by atomic mass is 9.90. The van der Waals surface area contributed by atoms with Gasteiger partial charge in [0.05, 0.1) is 6.61 Å². The molecule has 3 aromatic carbocycles. The zero-order chi connectivity index (χ0) is 41.3. The van der Waals surface area contributed by atoms with E-state index in [1.165, 1.54) is 4.90 Å². The predicted molar refractivity (Wildman–Crippen MR) is 217 cm³/mol. The third-order valence-corrected chi connectivity index (χ3v) is 10.9. The molecule has 5 aromatic rings. The highest BCUT2D eigenvalue weighted by Crippen LogP contribution is 2.43. The van der Waals surface area contributed by atoms with Crippen LogP contribution in [0.25, 0.3) is 11.1 Å². The number of hydrogen-bond acceptors (Lipinski definition) is 9. The van der Waals surface area contributed by atoms with Crippen LogP contribution in [-0.2, 0) is 22.4 Å². The highest BCUT2D eigenvalue weighted by Gasteiger charge is 2.41. The number of nitrogens with zero attached hydrogens (tertiary/aromatic N) is 3. The fourth-order valence-electron chi connectivity index (χ4n) is 7.43. The number of benzene rings is 3. The van der Waals surface area contributed by atoms with Gasteiger partial charge in [-0.05, 0) is 108 Å². The van der Waals surface area contributed by atoms with Gasteiger partial charge in [-0.15, -0.1) is 0 Å². The number of aromatic nitrogens is 2. The number of rotatable bonds is 11. The van der Waals surface area contributed by atoms with Crippen LogP contribution in [0.1, 0.15) is 95.0 Å². The van der Waals surface area contributed by atoms with Crippen LogP contribution in [0, 0.1) is 33.1 Å². The summed E-state index contributed by atoms with van der Waals surface area (Å²) in [5.74, 6) is 0.00939. The molecule has 0 fully saturated rings. The van der Waals surface area contributed by atoms with Gasteiger partial charge in [0.25, 0.3) is 5.91 Å². The summed E-state index contributed by atoms with van der Waals surface area (Å²) in [7, 11) is 0. The molecule has 2 amide bonds. The summed E-state index contributed by atoms with van der Waals surface area (Å²) in [5, 5.41) is 13.2. The lowest BCUT2D eigenvalue weighted by Gasteiger charge is -2.38. The molecule has 0 aliphatic carbocycles. The average molecular weight is 787 g/mol. The van der Waals surface area contributed by atoms with E-state index in [0.717, 1.165) is 51.2 Å². The first-order chi connectivity index (χ1) is 27.6. The van der Waals surface area contributed by atoms with Gasteiger partial charge in [-0.1, -0.05) is 57.2 Å². The van der Waals surface area contributed by atoms with E-state index in [2.05, 4.69) is 36.1 Å². The van der Waals surface area contributed by atoms with Crippen LogP contribution in [0.3, 0.4) is 0 Å². The molecule has 2 N–H and O–H groups in total. The minimum atomic E-state index is -1.29. The zero-order valence-corrected chi connectivity index (χ0v) is 34.0. The van der Waals surface area contributed by atoms with E-state index in [4.69, 9.17) is 18.6 Å². The molecule has 2 aliphatic rings. The maximum atomic E-state index is 14.5. The lowest BCUT2D eigenvalue weighted by molar-refractivity contribution is -0.142. The van der Waals surface area contributed by atoms with Crippen molar-refractivity contribution in [3.63, 3.8) is 0 Å². The van der Waals surface area contributed by atoms with Crippen LogP contribution in [-0.4, -0.2) is 63.6 Å². The van der Waals surface area contributed by atoms with Gasteiger partial charge < -0.3 is 34.0 Å². The van der Waals surface area contributed by atoms with Gasteiger partial charge in [-0.3, -0.25) is 14.6 Å². The van der Waals surface area contributed by atoms with Gasteiger partial charge in [-0.25, -0.2) is 9.78 Å². The van der Waals surface area contributed by atoms with E-state index < -0.39 is 36.0 Å². The predicted octanol–water partition coefficient (Wildman–Crippen LogP) is 7.85. The number of carboxylic acid groups (broad SMARTS) is 1. The van der Waals surface area contributed by atoms with Gasteiger partial charge in [-0.2, -0.15) is 0 Å². The van der Waals surface area contributed by atoms with Crippen LogP contribution in [0.4, 0.5) is 0 Å². The molecule has 12 heteroatoms. The number of pyridine rings is 1. The first-order valence-corrected chi connectivity index (χ1v) is 19.6. The number of hydrogen-bond donors (Lipinski definition) is 2. The molecule has 58 heavy (non-hydrogen) atoms. The Bertz CT molecular complexity index is 2330. The zero-order valence-electron chi connectivity index (χ0n) is 34.0. The molecule has 7 rings (SSSR count). The molecule has 4 heterocycles. The molecule has 0 bridgehead atoms. The molecule has 2 aromatic heterocycles. The van der Waals surface area contributed by atoms with E-state index >= 15 is 0 Å². The van der Waals surface area contributed by atoms with Crippen molar-refractivity contribution in [1.82, 2.24) is 20.2 Å². The van der Waals surface area contributed by atoms with E-state index in [0.29, 0.717) is 41.7 Å². The second-order valence-electron chi connectivity index (χ2n) is 16.3. The van der Waals surface area contributed by atoms with Crippen LogP contribution < -0.4 is 19.5 Å². The van der Waals surface area contributed by atoms with Crippen molar-refractivity contribution in [2.45, 2.75) is 85.9 Å². The van der Waals surface area contributed by atoms with Crippen LogP contribution in [0.5, 0.6) is 17.2 Å². The number of amides is 2. The molecule has 0 unspecified atom stereocenters. The first-order valence-electron chi connectivity index (χ1n) is 19.6. The van der Waals surface area contributed by atoms with Crippen molar-refractivity contribution in [3.05, 3.63) is 124 Å². The Morgan fingerprint density at radius 2 is 1.72 bits per heavy atom. The fraction of sp³-hybridized carbons (Fsp3) is 0.370. The maximum absolute atomic E-state index is 14.5. The summed E-state index contributed by atoms with van der Waals surface area (Å²) < 4.78 is 24.3. The number of nitrogens with one attached hydrogen (secondary N) is 1. The normalized spacial score (nSPS) is 16.6. The number of oxazole rings is 1. The Morgan fingerprint density at radius 1 is 0.983 bits per heavy atom. The number of carbonyl (C=O) groups is 3. The van der Waals surface area contributed by atoms with Crippen LogP contribution in [0.15, 0.2) is 77.3 Å². The number of fused-ring (bicyclic) bond motifs is 2. The minimum Gasteiger partial charge on any atom is -0.494 e. The molecule has 0 saturated heterocycles. The van der Waals surface area contributed by atoms with Crippen molar-refractivity contribution in [3.8, 4) is 28.4 Å². The number of aliphatic carboxylic acids is 1. The SMILES string of the molecule is Cc1nc(C(=O)N2CCc3cc4c(cc3[C@H]2C(=O)N[C@@H](Cc2ccc(-c3ccnc(C)c3C)cc2)C(=O)O)O[C@@H](c2ccc(OCCC(C)(C)C)cc2)CO4)c(C)o1. The Labute approximate surface area is 338 Å². The van der Waals surface area contributed by atoms with E-state index in [1.807, 2.05) is 74.5 Å². The summed E-state index contributed by atoms with van der Waals surface area (Å²) in [6.45, 7) is 14.9. The number of aryl methyl sites for hydroxylation is 3. The van der Waals surface area contributed by atoms with Crippen molar-refractivity contribution in [2.24, 2.45) is 5.41 Å². The Hall–Kier alpha value is -6.17. The van der Waals surface area contributed by atoms with Crippen molar-refractivity contribution in [2.75, 3.05) is 19.8 Å². The molecule has 3 atom stereocenters. The molecule has 0 spiro atoms. The van der Waals surface area contributed by atoms with Gasteiger partial charge in [0, 0.05) is 31.8 Å². The topological polar surface area (TPSA) is 153 Å². The highest BCUT2D eigenvalue weighted by molar-refractivity contribution is 5.98. The third kappa shape index (κ3) is 8.70. The summed E-state index contributed by atoms with van der Waals surface area (Å²) in [6, 6.07) is 18.4. The second kappa shape index (κ2) is 16.4. The highest BCUT2D eigenvalue weighted by atomic mass is 16.6. The van der Waals surface area contributed by atoms with E-state index in [-0.39, 0.29) is 30.7 Å². The van der Waals surface area contributed by atoms with E-state index in [1.54, 1.807) is 26.1 Å². The van der Waals surface area contributed by atoms with Gasteiger partial charge in [0.15, 0.2) is 29.2 Å². The smallest absolute Gasteiger partial charge is 0.326 e. The molecule has 302 valence electrons. The molecular formula is C46H50N4O8. The molecule has 0 radical (unpaired) electrons. The van der Waals surface area contributed by atoms with E-state index in [9.17, 15) is 19.5 Å². The second-order valence-corrected chi connectivity index (χ2v) is 16.3. The summed E-state index contributed by atoms with van der Waals surface area (Å²) in [4.78, 5) is 51.5. The Kier molecular flexibility index (Phi) is 11.3. The first kappa shape index (κ1) is 40.0. The largest absolute Gasteiger partial charge is 0.494 e. The van der Waals surface area contributed by atoms with Crippen molar-refractivity contribution >= 4 is 17.8 Å². The lowest BCUT2D eigenvalue weighted by Crippen LogP contribution is -2.51. The van der Waals surface area contributed by atoms with Gasteiger partial charge in [0.2, 0.25) is 5.91 Å². The molecule has 0 saturated carbocycles. The van der Waals surface area contributed by atoms with Crippen LogP contribution >= 0.6 is 0 Å². The van der Waals surface area contributed by atoms with Crippen LogP contribution in [0.2, 0.25) is 0 Å². The summed E-state index contributed by atoms with van der Waals surface area (Å²) in [6.07, 6.45) is 2.68. The van der Waals surface area contributed by atoms with Crippen molar-refractivity contribution < 1.29 is 38.1 Å². The standard InChI is InChI=1S/C46H50N4O8/c1-26-27(2)47-19-16-35(26)31-10-8-30(9-11-31)22-37(45(53)54)49-43(51)42-36-24-39-38(23-33(36)17-20-50(42)44(52)41-28(3)57-29(4)48-41)56-25-40(58-39)32-12-14-34(15-13-32)55-21-18-46(5,6)7/h8-16,19,23-24,37,40,42H,17-18,20-22,25H2,1-7H3,(H,49,51)(H,53,54)/t37-,40+,42-/m0/s1. The minimum absolute atomic E-state index is 0.0219. The molecule has 12 nitrogen and oxygen atoms in total. The number of carboxylic acids is 1. The maximum Gasteiger partial charge on any atom is 0.326 e. The van der Waals surface area contributed by atoms with Gasteiger partial charge in [0.1, 0.15) is 30.2 Å². The number of carbonyl (C=O) groups excluding carboxylic acids is 2. The third-order valence-electron chi connectivity index (χ3n) is 10.9. The Morgan fingerprint density at radius 3 is 2.40 bits per heavy atom. The number of ether oxygens (including phenoxy) is 3. The molecular weight excluding hydrogens is 737 g/mol. The quantitative estimate of drug-likeness (QED) is 0.135. The Balaban J connectivity index is 1.15. The monoisotopic (exact) mass is 786 g/mol.